The largest absolute Gasteiger partial charge is 0.481 e. The zero-order chi connectivity index (χ0) is 21.3. The van der Waals surface area contributed by atoms with Crippen LogP contribution < -0.4 is 11.2 Å². The molecule has 0 saturated carbocycles. The summed E-state index contributed by atoms with van der Waals surface area (Å²) in [6, 6.07) is 6.40. The predicted octanol–water partition coefficient (Wildman–Crippen LogP) is 3.40. The molecule has 0 atom stereocenters. The average Bonchev–Trinajstić information content (AvgIpc) is 2.64. The van der Waals surface area contributed by atoms with Gasteiger partial charge in [0.05, 0.1) is 11.1 Å². The van der Waals surface area contributed by atoms with Gasteiger partial charge in [-0.2, -0.15) is 0 Å². The van der Waals surface area contributed by atoms with Crippen molar-refractivity contribution in [3.8, 4) is 5.69 Å². The number of rotatable bonds is 6. The molecule has 0 fully saturated rings. The number of aromatic amines is 1. The van der Waals surface area contributed by atoms with E-state index in [2.05, 4.69) is 9.97 Å². The van der Waals surface area contributed by atoms with E-state index in [4.69, 9.17) is 16.7 Å². The molecule has 0 spiro atoms. The van der Waals surface area contributed by atoms with Crippen molar-refractivity contribution in [1.82, 2.24) is 14.5 Å². The van der Waals surface area contributed by atoms with E-state index in [1.165, 1.54) is 4.57 Å². The van der Waals surface area contributed by atoms with Crippen molar-refractivity contribution in [2.24, 2.45) is 0 Å². The lowest BCUT2D eigenvalue weighted by molar-refractivity contribution is -0.137. The van der Waals surface area contributed by atoms with Crippen LogP contribution >= 0.6 is 11.6 Å². The van der Waals surface area contributed by atoms with E-state index < -0.39 is 28.2 Å². The second kappa shape index (κ2) is 8.16. The van der Waals surface area contributed by atoms with E-state index >= 15 is 0 Å². The molecule has 29 heavy (non-hydrogen) atoms. The van der Waals surface area contributed by atoms with Crippen LogP contribution in [0, 0.1) is 5.82 Å². The number of carboxylic acids is 1. The van der Waals surface area contributed by atoms with E-state index in [0.29, 0.717) is 18.5 Å². The third-order valence-electron chi connectivity index (χ3n) is 4.63. The topological polar surface area (TPSA) is 105 Å². The molecule has 0 bridgehead atoms. The summed E-state index contributed by atoms with van der Waals surface area (Å²) < 4.78 is 15.1. The van der Waals surface area contributed by atoms with Crippen LogP contribution in [0.2, 0.25) is 5.15 Å². The van der Waals surface area contributed by atoms with Crippen LogP contribution in [-0.2, 0) is 11.2 Å². The number of halogens is 2. The van der Waals surface area contributed by atoms with Crippen molar-refractivity contribution in [2.45, 2.75) is 39.0 Å². The Morgan fingerprint density at radius 3 is 2.72 bits per heavy atom. The number of pyridine rings is 1. The van der Waals surface area contributed by atoms with E-state index in [9.17, 15) is 18.8 Å². The highest BCUT2D eigenvalue weighted by Gasteiger charge is 2.20. The lowest BCUT2D eigenvalue weighted by Crippen LogP contribution is -2.31. The highest BCUT2D eigenvalue weighted by molar-refractivity contribution is 6.29. The molecule has 2 aromatic heterocycles. The fourth-order valence-corrected chi connectivity index (χ4v) is 3.44. The minimum absolute atomic E-state index is 0.00854. The number of aryl methyl sites for hydroxylation is 1. The Balaban J connectivity index is 2.36. The summed E-state index contributed by atoms with van der Waals surface area (Å²) >= 11 is 5.83. The third kappa shape index (κ3) is 4.07. The van der Waals surface area contributed by atoms with Gasteiger partial charge >= 0.3 is 11.7 Å². The van der Waals surface area contributed by atoms with Crippen molar-refractivity contribution in [3.63, 3.8) is 0 Å². The predicted molar refractivity (Wildman–Crippen MR) is 108 cm³/mol. The maximum Gasteiger partial charge on any atom is 0.334 e. The highest BCUT2D eigenvalue weighted by Crippen LogP contribution is 2.29. The Hall–Kier alpha value is -3.00. The first-order valence-corrected chi connectivity index (χ1v) is 9.43. The van der Waals surface area contributed by atoms with Crippen LogP contribution in [0.15, 0.2) is 33.9 Å². The van der Waals surface area contributed by atoms with E-state index in [1.54, 1.807) is 6.07 Å². The normalized spacial score (nSPS) is 11.3. The Morgan fingerprint density at radius 2 is 2.07 bits per heavy atom. The summed E-state index contributed by atoms with van der Waals surface area (Å²) in [4.78, 5) is 42.1. The van der Waals surface area contributed by atoms with Crippen LogP contribution in [-0.4, -0.2) is 25.6 Å². The van der Waals surface area contributed by atoms with Gasteiger partial charge in [-0.3, -0.25) is 14.6 Å². The molecule has 0 saturated heterocycles. The summed E-state index contributed by atoms with van der Waals surface area (Å²) in [5, 5.41) is 8.38. The fourth-order valence-electron chi connectivity index (χ4n) is 3.30. The number of hydrogen-bond donors (Lipinski definition) is 2. The number of H-pyrrole nitrogens is 1. The fraction of sp³-hybridized carbons (Fsp3) is 0.300. The number of aromatic nitrogens is 3. The number of fused-ring (bicyclic) bond motifs is 1. The molecule has 3 aromatic rings. The summed E-state index contributed by atoms with van der Waals surface area (Å²) in [7, 11) is 0. The van der Waals surface area contributed by atoms with Gasteiger partial charge in [-0.05, 0) is 36.0 Å². The van der Waals surface area contributed by atoms with Gasteiger partial charge in [0.1, 0.15) is 0 Å². The van der Waals surface area contributed by atoms with Crippen molar-refractivity contribution < 1.29 is 14.3 Å². The van der Waals surface area contributed by atoms with Gasteiger partial charge in [0, 0.05) is 6.42 Å². The summed E-state index contributed by atoms with van der Waals surface area (Å²) in [5.74, 6) is -1.77. The van der Waals surface area contributed by atoms with Crippen molar-refractivity contribution in [2.75, 3.05) is 0 Å². The maximum absolute atomic E-state index is 13.9. The lowest BCUT2D eigenvalue weighted by atomic mass is 9.95. The van der Waals surface area contributed by atoms with E-state index in [-0.39, 0.29) is 23.4 Å². The first-order valence-electron chi connectivity index (χ1n) is 9.05. The molecule has 152 valence electrons. The van der Waals surface area contributed by atoms with Crippen LogP contribution in [0.3, 0.4) is 0 Å². The maximum atomic E-state index is 13.9. The quantitative estimate of drug-likeness (QED) is 0.596. The molecule has 0 amide bonds. The van der Waals surface area contributed by atoms with Crippen LogP contribution in [0.1, 0.15) is 43.7 Å². The Bertz CT molecular complexity index is 1220. The molecule has 0 aliphatic carbocycles. The lowest BCUT2D eigenvalue weighted by Gasteiger charge is -2.20. The van der Waals surface area contributed by atoms with Gasteiger partial charge in [0.15, 0.2) is 16.6 Å². The second-order valence-electron chi connectivity index (χ2n) is 6.98. The molecule has 1 aromatic carbocycles. The molecule has 0 aliphatic rings. The molecule has 0 radical (unpaired) electrons. The molecule has 3 rings (SSSR count). The zero-order valence-corrected chi connectivity index (χ0v) is 16.6. The number of carboxylic acid groups (broad SMARTS) is 1. The number of para-hydroxylation sites is 1. The molecule has 2 N–H and O–H groups in total. The molecular weight excluding hydrogens is 401 g/mol. The SMILES string of the molecule is CC(C)c1cccc(CCCC(=O)O)c1-n1c(=O)[nH]c(=O)c2cc(F)c(Cl)nc21. The van der Waals surface area contributed by atoms with Gasteiger partial charge in [0.2, 0.25) is 0 Å². The smallest absolute Gasteiger partial charge is 0.334 e. The van der Waals surface area contributed by atoms with Gasteiger partial charge < -0.3 is 5.11 Å². The van der Waals surface area contributed by atoms with Gasteiger partial charge in [-0.25, -0.2) is 18.7 Å². The summed E-state index contributed by atoms with van der Waals surface area (Å²) in [5.41, 5.74) is 0.460. The zero-order valence-electron chi connectivity index (χ0n) is 15.8. The Labute approximate surface area is 169 Å². The van der Waals surface area contributed by atoms with Crippen LogP contribution in [0.4, 0.5) is 4.39 Å². The molecule has 0 aliphatic heterocycles. The molecular formula is C20H19ClFN3O4. The van der Waals surface area contributed by atoms with Gasteiger partial charge in [0.25, 0.3) is 5.56 Å². The van der Waals surface area contributed by atoms with Crippen LogP contribution in [0.5, 0.6) is 0 Å². The number of nitrogens with zero attached hydrogens (tertiary/aromatic N) is 2. The minimum Gasteiger partial charge on any atom is -0.481 e. The first kappa shape index (κ1) is 20.7. The van der Waals surface area contributed by atoms with Gasteiger partial charge in [-0.1, -0.05) is 43.6 Å². The number of aliphatic carboxylic acids is 1. The number of benzene rings is 1. The molecule has 9 heteroatoms. The molecule has 0 unspecified atom stereocenters. The summed E-state index contributed by atoms with van der Waals surface area (Å²) in [6.45, 7) is 3.89. The average molecular weight is 420 g/mol. The first-order chi connectivity index (χ1) is 13.7. The highest BCUT2D eigenvalue weighted by atomic mass is 35.5. The third-order valence-corrected chi connectivity index (χ3v) is 4.89. The van der Waals surface area contributed by atoms with Crippen LogP contribution in [0.25, 0.3) is 16.7 Å². The number of hydrogen-bond acceptors (Lipinski definition) is 4. The summed E-state index contributed by atoms with van der Waals surface area (Å²) in [6.07, 6.45) is 0.731. The van der Waals surface area contributed by atoms with Gasteiger partial charge in [-0.15, -0.1) is 0 Å². The molecule has 7 nitrogen and oxygen atoms in total. The standard InChI is InChI=1S/C20H19ClFN3O4/c1-10(2)12-7-3-5-11(6-4-8-15(26)27)16(12)25-18-13(19(28)24-20(25)29)9-14(22)17(21)23-18/h3,5,7,9-10H,4,6,8H2,1-2H3,(H,26,27)(H,24,28,29). The Kier molecular flexibility index (Phi) is 5.83. The minimum atomic E-state index is -0.915. The molecule has 2 heterocycles. The number of carbonyl (C=O) groups is 1. The van der Waals surface area contributed by atoms with Crippen molar-refractivity contribution in [1.29, 1.82) is 0 Å². The second-order valence-corrected chi connectivity index (χ2v) is 7.34. The van der Waals surface area contributed by atoms with E-state index in [1.807, 2.05) is 26.0 Å². The monoisotopic (exact) mass is 419 g/mol. The van der Waals surface area contributed by atoms with Crippen molar-refractivity contribution in [3.05, 3.63) is 67.2 Å². The van der Waals surface area contributed by atoms with E-state index in [0.717, 1.165) is 17.2 Å². The Morgan fingerprint density at radius 1 is 1.34 bits per heavy atom. The number of nitrogens with one attached hydrogen (secondary N) is 1. The van der Waals surface area contributed by atoms with Crippen molar-refractivity contribution >= 4 is 28.6 Å².